The van der Waals surface area contributed by atoms with Crippen molar-refractivity contribution in [1.29, 1.82) is 0 Å². The maximum absolute atomic E-state index is 13.7. The summed E-state index contributed by atoms with van der Waals surface area (Å²) in [5, 5.41) is 0. The van der Waals surface area contributed by atoms with E-state index >= 15 is 0 Å². The van der Waals surface area contributed by atoms with E-state index < -0.39 is 0 Å². The fourth-order valence-electron chi connectivity index (χ4n) is 5.00. The molecule has 44 heavy (non-hydrogen) atoms. The van der Waals surface area contributed by atoms with Crippen LogP contribution in [0.3, 0.4) is 0 Å². The number of benzene rings is 4. The van der Waals surface area contributed by atoms with Gasteiger partial charge in [0.05, 0.1) is 13.5 Å². The number of amides is 1. The van der Waals surface area contributed by atoms with Gasteiger partial charge in [-0.15, -0.1) is 0 Å². The van der Waals surface area contributed by atoms with Crippen molar-refractivity contribution < 1.29 is 19.1 Å². The third-order valence-electron chi connectivity index (χ3n) is 7.55. The average molecular weight is 593 g/mol. The van der Waals surface area contributed by atoms with E-state index in [2.05, 4.69) is 98.5 Å². The lowest BCUT2D eigenvalue weighted by Gasteiger charge is -2.24. The molecule has 0 bridgehead atoms. The molecule has 0 N–H and O–H groups in total. The van der Waals surface area contributed by atoms with Crippen molar-refractivity contribution in [3.8, 4) is 5.75 Å². The van der Waals surface area contributed by atoms with Crippen LogP contribution in [0.4, 0.5) is 0 Å². The molecule has 4 aromatic carbocycles. The summed E-state index contributed by atoms with van der Waals surface area (Å²) in [7, 11) is 1.36. The summed E-state index contributed by atoms with van der Waals surface area (Å²) >= 11 is 0. The Labute approximate surface area is 262 Å². The largest absolute Gasteiger partial charge is 0.492 e. The van der Waals surface area contributed by atoms with Gasteiger partial charge in [-0.25, -0.2) is 0 Å². The Kier molecular flexibility index (Phi) is 11.7. The summed E-state index contributed by atoms with van der Waals surface area (Å²) in [4.78, 5) is 29.7. The Morgan fingerprint density at radius 3 is 1.84 bits per heavy atom. The molecule has 0 aliphatic rings. The molecule has 0 aliphatic carbocycles. The number of hydrogen-bond acceptors (Lipinski definition) is 5. The van der Waals surface area contributed by atoms with Crippen LogP contribution in [0.25, 0.3) is 0 Å². The first-order valence-electron chi connectivity index (χ1n) is 15.2. The first kappa shape index (κ1) is 32.5. The van der Waals surface area contributed by atoms with E-state index in [0.29, 0.717) is 24.5 Å². The molecule has 0 saturated carbocycles. The van der Waals surface area contributed by atoms with E-state index in [9.17, 15) is 9.59 Å². The predicted molar refractivity (Wildman–Crippen MR) is 175 cm³/mol. The van der Waals surface area contributed by atoms with E-state index in [4.69, 9.17) is 9.47 Å². The minimum atomic E-state index is -0.349. The highest BCUT2D eigenvalue weighted by molar-refractivity contribution is 5.94. The molecule has 0 saturated heterocycles. The zero-order valence-electron chi connectivity index (χ0n) is 26.4. The second-order valence-corrected chi connectivity index (χ2v) is 12.1. The van der Waals surface area contributed by atoms with Crippen LogP contribution in [0, 0.1) is 0 Å². The van der Waals surface area contributed by atoms with Crippen molar-refractivity contribution in [2.24, 2.45) is 0 Å². The molecule has 0 aromatic heterocycles. The number of carbonyl (C=O) groups is 2. The molecule has 4 aromatic rings. The quantitative estimate of drug-likeness (QED) is 0.144. The third kappa shape index (κ3) is 10.1. The van der Waals surface area contributed by atoms with Gasteiger partial charge < -0.3 is 14.4 Å². The molecule has 0 heterocycles. The van der Waals surface area contributed by atoms with E-state index in [0.717, 1.165) is 25.2 Å². The topological polar surface area (TPSA) is 59.1 Å². The Hall–Kier alpha value is -4.42. The summed E-state index contributed by atoms with van der Waals surface area (Å²) in [6, 6.07) is 36.4. The number of ether oxygens (including phenoxy) is 2. The first-order chi connectivity index (χ1) is 21.2. The Balaban J connectivity index is 1.43. The van der Waals surface area contributed by atoms with Crippen LogP contribution in [-0.4, -0.2) is 48.5 Å². The Morgan fingerprint density at radius 1 is 0.682 bits per heavy atom. The van der Waals surface area contributed by atoms with Gasteiger partial charge in [0.2, 0.25) is 0 Å². The minimum absolute atomic E-state index is 0.0412. The molecule has 0 atom stereocenters. The maximum Gasteiger partial charge on any atom is 0.307 e. The summed E-state index contributed by atoms with van der Waals surface area (Å²) in [5.74, 6) is 0.130. The van der Waals surface area contributed by atoms with Crippen LogP contribution in [0.5, 0.6) is 5.75 Å². The lowest BCUT2D eigenvalue weighted by atomic mass is 9.87. The van der Waals surface area contributed by atoms with Crippen molar-refractivity contribution in [3.63, 3.8) is 0 Å². The van der Waals surface area contributed by atoms with Crippen LogP contribution in [0.2, 0.25) is 0 Å². The van der Waals surface area contributed by atoms with E-state index in [1.165, 1.54) is 23.8 Å². The fraction of sp³-hybridized carbons (Fsp3) is 0.316. The molecule has 0 radical (unpaired) electrons. The molecule has 0 unspecified atom stereocenters. The van der Waals surface area contributed by atoms with Gasteiger partial charge in [-0.3, -0.25) is 14.5 Å². The van der Waals surface area contributed by atoms with Gasteiger partial charge in [0.15, 0.2) is 0 Å². The van der Waals surface area contributed by atoms with Crippen LogP contribution >= 0.6 is 0 Å². The van der Waals surface area contributed by atoms with Crippen molar-refractivity contribution in [2.75, 3.05) is 26.8 Å². The molecule has 0 fully saturated rings. The molecule has 1 amide bonds. The Bertz CT molecular complexity index is 1420. The Morgan fingerprint density at radius 2 is 1.27 bits per heavy atom. The predicted octanol–water partition coefficient (Wildman–Crippen LogP) is 7.27. The van der Waals surface area contributed by atoms with Crippen LogP contribution in [-0.2, 0) is 34.6 Å². The van der Waals surface area contributed by atoms with Crippen molar-refractivity contribution in [1.82, 2.24) is 9.80 Å². The molecular weight excluding hydrogens is 548 g/mol. The number of rotatable bonds is 14. The number of nitrogens with zero attached hydrogens (tertiary/aromatic N) is 2. The third-order valence-corrected chi connectivity index (χ3v) is 7.55. The molecular formula is C38H44N2O4. The molecule has 4 rings (SSSR count). The summed E-state index contributed by atoms with van der Waals surface area (Å²) < 4.78 is 11.0. The monoisotopic (exact) mass is 592 g/mol. The fourth-order valence-corrected chi connectivity index (χ4v) is 5.00. The second kappa shape index (κ2) is 15.9. The summed E-state index contributed by atoms with van der Waals surface area (Å²) in [6.45, 7) is 9.98. The van der Waals surface area contributed by atoms with Crippen molar-refractivity contribution in [3.05, 3.63) is 137 Å². The van der Waals surface area contributed by atoms with Crippen LogP contribution in [0.15, 0.2) is 109 Å². The standard InChI is InChI=1S/C38H44N2O4/c1-38(2,3)34-20-18-32(19-21-34)29-40(23-22-36(41)43-4)37(42)33-16-11-17-35(26-33)44-25-24-39(27-30-12-7-5-8-13-30)28-31-14-9-6-10-15-31/h5-21,26H,22-25,27-29H2,1-4H3. The summed E-state index contributed by atoms with van der Waals surface area (Å²) in [6.07, 6.45) is 0.122. The van der Waals surface area contributed by atoms with Gasteiger partial charge in [0.25, 0.3) is 5.91 Å². The lowest BCUT2D eigenvalue weighted by molar-refractivity contribution is -0.140. The van der Waals surface area contributed by atoms with E-state index in [1.807, 2.05) is 24.3 Å². The number of hydrogen-bond donors (Lipinski definition) is 0. The number of carbonyl (C=O) groups excluding carboxylic acids is 2. The number of esters is 1. The van der Waals surface area contributed by atoms with Crippen LogP contribution < -0.4 is 4.74 Å². The van der Waals surface area contributed by atoms with Crippen molar-refractivity contribution in [2.45, 2.75) is 52.2 Å². The highest BCUT2D eigenvalue weighted by Gasteiger charge is 2.20. The zero-order chi connectivity index (χ0) is 31.4. The zero-order valence-corrected chi connectivity index (χ0v) is 26.4. The molecule has 0 spiro atoms. The van der Waals surface area contributed by atoms with E-state index in [1.54, 1.807) is 17.0 Å². The van der Waals surface area contributed by atoms with Gasteiger partial charge in [-0.1, -0.05) is 112 Å². The first-order valence-corrected chi connectivity index (χ1v) is 15.2. The average Bonchev–Trinajstić information content (AvgIpc) is 3.03. The van der Waals surface area contributed by atoms with Gasteiger partial charge in [-0.05, 0) is 45.9 Å². The highest BCUT2D eigenvalue weighted by atomic mass is 16.5. The van der Waals surface area contributed by atoms with Gasteiger partial charge >= 0.3 is 5.97 Å². The molecule has 230 valence electrons. The normalized spacial score (nSPS) is 11.3. The smallest absolute Gasteiger partial charge is 0.307 e. The van der Waals surface area contributed by atoms with Gasteiger partial charge in [0, 0.05) is 38.3 Å². The SMILES string of the molecule is COC(=O)CCN(Cc1ccc(C(C)(C)C)cc1)C(=O)c1cccc(OCCN(Cc2ccccc2)Cc2ccccc2)c1. The molecule has 6 heteroatoms. The lowest BCUT2D eigenvalue weighted by Crippen LogP contribution is -2.33. The minimum Gasteiger partial charge on any atom is -0.492 e. The summed E-state index contributed by atoms with van der Waals surface area (Å²) in [5.41, 5.74) is 5.28. The maximum atomic E-state index is 13.7. The highest BCUT2D eigenvalue weighted by Crippen LogP contribution is 2.23. The second-order valence-electron chi connectivity index (χ2n) is 12.1. The molecule has 0 aliphatic heterocycles. The van der Waals surface area contributed by atoms with Crippen molar-refractivity contribution >= 4 is 11.9 Å². The number of methoxy groups -OCH3 is 1. The van der Waals surface area contributed by atoms with E-state index in [-0.39, 0.29) is 30.3 Å². The van der Waals surface area contributed by atoms with Crippen LogP contribution in [0.1, 0.15) is 59.8 Å². The molecule has 6 nitrogen and oxygen atoms in total. The van der Waals surface area contributed by atoms with Gasteiger partial charge in [0.1, 0.15) is 12.4 Å². The van der Waals surface area contributed by atoms with Gasteiger partial charge in [-0.2, -0.15) is 0 Å².